The van der Waals surface area contributed by atoms with Crippen molar-refractivity contribution in [2.24, 2.45) is 17.6 Å². The lowest BCUT2D eigenvalue weighted by Crippen LogP contribution is -2.41. The molecule has 0 aromatic heterocycles. The van der Waals surface area contributed by atoms with Gasteiger partial charge in [0.15, 0.2) is 0 Å². The van der Waals surface area contributed by atoms with Crippen LogP contribution < -0.4 is 5.73 Å². The van der Waals surface area contributed by atoms with E-state index in [2.05, 4.69) is 0 Å². The van der Waals surface area contributed by atoms with Crippen LogP contribution in [0.2, 0.25) is 0 Å². The summed E-state index contributed by atoms with van der Waals surface area (Å²) in [7, 11) is 0. The minimum Gasteiger partial charge on any atom is -0.481 e. The number of amides is 2. The number of hydrogen-bond acceptors (Lipinski definition) is 3. The van der Waals surface area contributed by atoms with Crippen LogP contribution in [0.4, 0.5) is 0 Å². The quantitative estimate of drug-likeness (QED) is 0.698. The number of carboxylic acid groups (broad SMARTS) is 1. The molecule has 1 fully saturated rings. The van der Waals surface area contributed by atoms with Gasteiger partial charge in [0.25, 0.3) is 0 Å². The molecular formula is C11H18N2O4. The first-order valence-corrected chi connectivity index (χ1v) is 5.75. The van der Waals surface area contributed by atoms with Crippen LogP contribution in [0.25, 0.3) is 0 Å². The monoisotopic (exact) mass is 242 g/mol. The molecule has 0 radical (unpaired) electrons. The Hall–Kier alpha value is -1.59. The second-order valence-electron chi connectivity index (χ2n) is 4.36. The Morgan fingerprint density at radius 2 is 1.88 bits per heavy atom. The molecule has 2 atom stereocenters. The molecular weight excluding hydrogens is 224 g/mol. The maximum absolute atomic E-state index is 12.0. The minimum absolute atomic E-state index is 0.0937. The van der Waals surface area contributed by atoms with E-state index in [-0.39, 0.29) is 18.4 Å². The Labute approximate surface area is 99.8 Å². The zero-order chi connectivity index (χ0) is 13.0. The van der Waals surface area contributed by atoms with Crippen molar-refractivity contribution in [1.29, 1.82) is 0 Å². The molecule has 0 saturated heterocycles. The lowest BCUT2D eigenvalue weighted by molar-refractivity contribution is -0.142. The first-order valence-electron chi connectivity index (χ1n) is 5.75. The van der Waals surface area contributed by atoms with Gasteiger partial charge in [0, 0.05) is 12.5 Å². The van der Waals surface area contributed by atoms with Crippen molar-refractivity contribution in [3.05, 3.63) is 0 Å². The average Bonchev–Trinajstić information content (AvgIpc) is 2.73. The summed E-state index contributed by atoms with van der Waals surface area (Å²) in [6.07, 6.45) is 1.47. The summed E-state index contributed by atoms with van der Waals surface area (Å²) < 4.78 is 0. The molecule has 0 aromatic rings. The van der Waals surface area contributed by atoms with Crippen LogP contribution in [0, 0.1) is 11.8 Å². The number of primary amides is 1. The van der Waals surface area contributed by atoms with Crippen molar-refractivity contribution in [3.8, 4) is 0 Å². The summed E-state index contributed by atoms with van der Waals surface area (Å²) in [6, 6.07) is 0. The molecule has 0 aromatic carbocycles. The standard InChI is InChI=1S/C11H18N2O4/c1-2-13(6-9(12)14)10(15)7-3-4-8(5-7)11(16)17/h7-8H,2-6H2,1H3,(H2,12,14)(H,16,17). The first kappa shape index (κ1) is 13.5. The van der Waals surface area contributed by atoms with E-state index in [1.165, 1.54) is 4.90 Å². The predicted octanol–water partition coefficient (Wildman–Crippen LogP) is -0.179. The molecule has 2 amide bonds. The van der Waals surface area contributed by atoms with E-state index in [0.717, 1.165) is 0 Å². The van der Waals surface area contributed by atoms with Crippen molar-refractivity contribution < 1.29 is 19.5 Å². The number of rotatable bonds is 5. The molecule has 0 bridgehead atoms. The lowest BCUT2D eigenvalue weighted by atomic mass is 10.0. The summed E-state index contributed by atoms with van der Waals surface area (Å²) in [5.74, 6) is -2.27. The van der Waals surface area contributed by atoms with E-state index < -0.39 is 17.8 Å². The Morgan fingerprint density at radius 1 is 1.29 bits per heavy atom. The van der Waals surface area contributed by atoms with Crippen LogP contribution in [0.1, 0.15) is 26.2 Å². The maximum Gasteiger partial charge on any atom is 0.306 e. The Morgan fingerprint density at radius 3 is 2.29 bits per heavy atom. The van der Waals surface area contributed by atoms with Gasteiger partial charge in [-0.25, -0.2) is 0 Å². The van der Waals surface area contributed by atoms with Crippen LogP contribution in [-0.2, 0) is 14.4 Å². The Balaban J connectivity index is 2.58. The molecule has 1 saturated carbocycles. The van der Waals surface area contributed by atoms with Crippen LogP contribution in [0.15, 0.2) is 0 Å². The zero-order valence-corrected chi connectivity index (χ0v) is 9.89. The van der Waals surface area contributed by atoms with Crippen molar-refractivity contribution in [2.75, 3.05) is 13.1 Å². The fourth-order valence-electron chi connectivity index (χ4n) is 2.22. The molecule has 17 heavy (non-hydrogen) atoms. The molecule has 1 aliphatic rings. The van der Waals surface area contributed by atoms with Gasteiger partial charge < -0.3 is 15.7 Å². The summed E-state index contributed by atoms with van der Waals surface area (Å²) in [5.41, 5.74) is 5.05. The largest absolute Gasteiger partial charge is 0.481 e. The van der Waals surface area contributed by atoms with Gasteiger partial charge in [-0.1, -0.05) is 0 Å². The third-order valence-electron chi connectivity index (χ3n) is 3.17. The highest BCUT2D eigenvalue weighted by atomic mass is 16.4. The fraction of sp³-hybridized carbons (Fsp3) is 0.727. The summed E-state index contributed by atoms with van der Waals surface area (Å²) in [5, 5.41) is 8.86. The highest BCUT2D eigenvalue weighted by Gasteiger charge is 2.35. The highest BCUT2D eigenvalue weighted by Crippen LogP contribution is 2.32. The van der Waals surface area contributed by atoms with Crippen molar-refractivity contribution >= 4 is 17.8 Å². The number of hydrogen-bond donors (Lipinski definition) is 2. The molecule has 6 heteroatoms. The second-order valence-corrected chi connectivity index (χ2v) is 4.36. The van der Waals surface area contributed by atoms with E-state index in [1.807, 2.05) is 0 Å². The fourth-order valence-corrected chi connectivity index (χ4v) is 2.22. The van der Waals surface area contributed by atoms with Gasteiger partial charge in [-0.15, -0.1) is 0 Å². The van der Waals surface area contributed by atoms with Gasteiger partial charge in [-0.05, 0) is 26.2 Å². The van der Waals surface area contributed by atoms with Crippen molar-refractivity contribution in [3.63, 3.8) is 0 Å². The molecule has 1 rings (SSSR count). The number of nitrogens with two attached hydrogens (primary N) is 1. The third-order valence-corrected chi connectivity index (χ3v) is 3.17. The first-order chi connectivity index (χ1) is 7.95. The SMILES string of the molecule is CCN(CC(N)=O)C(=O)C1CCC(C(=O)O)C1. The maximum atomic E-state index is 12.0. The van der Waals surface area contributed by atoms with E-state index in [4.69, 9.17) is 10.8 Å². The molecule has 6 nitrogen and oxygen atoms in total. The molecule has 3 N–H and O–H groups in total. The van der Waals surface area contributed by atoms with Gasteiger partial charge in [-0.2, -0.15) is 0 Å². The van der Waals surface area contributed by atoms with Gasteiger partial charge >= 0.3 is 5.97 Å². The summed E-state index contributed by atoms with van der Waals surface area (Å²) in [6.45, 7) is 2.09. The molecule has 1 aliphatic carbocycles. The van der Waals surface area contributed by atoms with Gasteiger partial charge in [0.1, 0.15) is 0 Å². The van der Waals surface area contributed by atoms with E-state index in [9.17, 15) is 14.4 Å². The molecule has 0 heterocycles. The molecule has 2 unspecified atom stereocenters. The number of carbonyl (C=O) groups excluding carboxylic acids is 2. The second kappa shape index (κ2) is 5.65. The minimum atomic E-state index is -0.849. The number of nitrogens with zero attached hydrogens (tertiary/aromatic N) is 1. The highest BCUT2D eigenvalue weighted by molar-refractivity contribution is 5.86. The van der Waals surface area contributed by atoms with Gasteiger partial charge in [0.2, 0.25) is 11.8 Å². The van der Waals surface area contributed by atoms with Crippen LogP contribution in [0.3, 0.4) is 0 Å². The summed E-state index contributed by atoms with van der Waals surface area (Å²) >= 11 is 0. The predicted molar refractivity (Wildman–Crippen MR) is 59.9 cm³/mol. The molecule has 0 aliphatic heterocycles. The zero-order valence-electron chi connectivity index (χ0n) is 9.89. The number of carbonyl (C=O) groups is 3. The smallest absolute Gasteiger partial charge is 0.306 e. The van der Waals surface area contributed by atoms with Crippen LogP contribution in [0.5, 0.6) is 0 Å². The van der Waals surface area contributed by atoms with E-state index in [1.54, 1.807) is 6.92 Å². The van der Waals surface area contributed by atoms with Crippen molar-refractivity contribution in [1.82, 2.24) is 4.90 Å². The number of aliphatic carboxylic acids is 1. The molecule has 96 valence electrons. The van der Waals surface area contributed by atoms with Gasteiger partial charge in [0.05, 0.1) is 12.5 Å². The normalized spacial score (nSPS) is 23.4. The van der Waals surface area contributed by atoms with Crippen molar-refractivity contribution in [2.45, 2.75) is 26.2 Å². The molecule has 0 spiro atoms. The van der Waals surface area contributed by atoms with Gasteiger partial charge in [-0.3, -0.25) is 14.4 Å². The lowest BCUT2D eigenvalue weighted by Gasteiger charge is -2.22. The van der Waals surface area contributed by atoms with E-state index >= 15 is 0 Å². The third kappa shape index (κ3) is 3.44. The topological polar surface area (TPSA) is 101 Å². The average molecular weight is 242 g/mol. The number of carboxylic acids is 1. The van der Waals surface area contributed by atoms with Crippen LogP contribution in [-0.4, -0.2) is 40.9 Å². The number of likely N-dealkylation sites (N-methyl/N-ethyl adjacent to an activating group) is 1. The van der Waals surface area contributed by atoms with E-state index in [0.29, 0.717) is 25.8 Å². The van der Waals surface area contributed by atoms with Crippen LogP contribution >= 0.6 is 0 Å². The Kier molecular flexibility index (Phi) is 4.48. The summed E-state index contributed by atoms with van der Waals surface area (Å²) in [4.78, 5) is 35.0. The Bertz CT molecular complexity index is 329.